The fraction of sp³-hybridized carbons (Fsp3) is 0.333. The number of halogens is 10. The van der Waals surface area contributed by atoms with Crippen molar-refractivity contribution in [1.29, 1.82) is 0 Å². The maximum atomic E-state index is 12.6. The second-order valence-corrected chi connectivity index (χ2v) is 6.33. The van der Waals surface area contributed by atoms with Gasteiger partial charge in [0.25, 0.3) is 0 Å². The number of hydrogen-bond donors (Lipinski definition) is 0. The van der Waals surface area contributed by atoms with E-state index in [0.29, 0.717) is 0 Å². The fourth-order valence-electron chi connectivity index (χ4n) is 1.30. The zero-order chi connectivity index (χ0) is 15.9. The second-order valence-electron chi connectivity index (χ2n) is 3.47. The average molecular weight is 440 g/mol. The van der Waals surface area contributed by atoms with Gasteiger partial charge in [-0.3, -0.25) is 0 Å². The van der Waals surface area contributed by atoms with Gasteiger partial charge >= 0.3 is 119 Å². The van der Waals surface area contributed by atoms with Crippen molar-refractivity contribution in [3.8, 4) is 0 Å². The predicted octanol–water partition coefficient (Wildman–Crippen LogP) is 4.38. The first-order valence-electron chi connectivity index (χ1n) is 4.46. The normalized spacial score (nSPS) is 13.7. The Morgan fingerprint density at radius 1 is 0.700 bits per heavy atom. The molecule has 0 aliphatic carbocycles. The third-order valence-corrected chi connectivity index (χ3v) is 5.03. The van der Waals surface area contributed by atoms with Gasteiger partial charge in [0.15, 0.2) is 0 Å². The molecule has 0 nitrogen and oxygen atoms in total. The minimum absolute atomic E-state index is 0.312. The van der Waals surface area contributed by atoms with Gasteiger partial charge in [-0.05, 0) is 0 Å². The number of hydrogen-bond acceptors (Lipinski definition) is 0. The molecule has 0 unspecified atom stereocenters. The monoisotopic (exact) mass is 440 g/mol. The van der Waals surface area contributed by atoms with Crippen molar-refractivity contribution in [2.45, 2.75) is 18.5 Å². The summed E-state index contributed by atoms with van der Waals surface area (Å²) in [5, 5.41) is 0. The summed E-state index contributed by atoms with van der Waals surface area (Å²) in [5.74, 6) is 0. The Hall–Kier alpha value is -0.411. The Bertz CT molecular complexity index is 465. The van der Waals surface area contributed by atoms with Crippen molar-refractivity contribution in [3.05, 3.63) is 28.8 Å². The van der Waals surface area contributed by atoms with Crippen LogP contribution in [0.3, 0.4) is 0 Å². The zero-order valence-electron chi connectivity index (χ0n) is 8.84. The molecular weight excluding hydrogens is 438 g/mol. The van der Waals surface area contributed by atoms with Crippen molar-refractivity contribution in [2.24, 2.45) is 0 Å². The zero-order valence-corrected chi connectivity index (χ0v) is 12.1. The second kappa shape index (κ2) is 5.42. The van der Waals surface area contributed by atoms with E-state index >= 15 is 0 Å². The van der Waals surface area contributed by atoms with Gasteiger partial charge in [0.05, 0.1) is 0 Å². The fourth-order valence-corrected chi connectivity index (χ4v) is 4.19. The van der Waals surface area contributed by atoms with Gasteiger partial charge in [-0.25, -0.2) is 0 Å². The Balaban J connectivity index is 3.75. The van der Waals surface area contributed by atoms with E-state index < -0.39 is 52.8 Å². The molecule has 0 spiro atoms. The van der Waals surface area contributed by atoms with Crippen LogP contribution in [0, 0.1) is 0 Å². The van der Waals surface area contributed by atoms with Gasteiger partial charge < -0.3 is 0 Å². The molecule has 0 radical (unpaired) electrons. The summed E-state index contributed by atoms with van der Waals surface area (Å²) in [7, 11) is 0. The Labute approximate surface area is 119 Å². The van der Waals surface area contributed by atoms with E-state index in [2.05, 4.69) is 14.1 Å². The van der Waals surface area contributed by atoms with Crippen LogP contribution in [0.1, 0.15) is 16.7 Å². The minimum atomic E-state index is -5.31. The van der Waals surface area contributed by atoms with Gasteiger partial charge in [0.2, 0.25) is 0 Å². The molecule has 11 heteroatoms. The van der Waals surface area contributed by atoms with E-state index in [1.54, 1.807) is 0 Å². The van der Waals surface area contributed by atoms with E-state index in [1.165, 1.54) is 0 Å². The van der Waals surface area contributed by atoms with E-state index in [4.69, 9.17) is 0 Å². The number of benzene rings is 1. The quantitative estimate of drug-likeness (QED) is 0.450. The molecule has 114 valence electrons. The molecule has 1 aromatic carbocycles. The van der Waals surface area contributed by atoms with E-state index in [-0.39, 0.29) is 12.1 Å². The van der Waals surface area contributed by atoms with Gasteiger partial charge in [-0.1, -0.05) is 0 Å². The molecule has 1 rings (SSSR count). The molecule has 0 bridgehead atoms. The molecule has 0 N–H and O–H groups in total. The van der Waals surface area contributed by atoms with Crippen LogP contribution in [0.2, 0.25) is 0 Å². The van der Waals surface area contributed by atoms with Gasteiger partial charge in [-0.2, -0.15) is 0 Å². The SMILES string of the molecule is FC(F)(F)c1cc(C(F)(F)F)c([Se]Br)c(C(F)(F)F)c1. The summed E-state index contributed by atoms with van der Waals surface area (Å²) in [5.41, 5.74) is -5.86. The first-order chi connectivity index (χ1) is 8.78. The molecule has 0 saturated heterocycles. The molecule has 0 aliphatic heterocycles. The molecule has 0 atom stereocenters. The van der Waals surface area contributed by atoms with Crippen molar-refractivity contribution in [3.63, 3.8) is 0 Å². The van der Waals surface area contributed by atoms with E-state index in [1.807, 2.05) is 0 Å². The number of alkyl halides is 9. The van der Waals surface area contributed by atoms with Crippen LogP contribution in [0.4, 0.5) is 39.5 Å². The molecular formula is C9H2BrF9Se. The Kier molecular flexibility index (Phi) is 4.78. The van der Waals surface area contributed by atoms with Crippen LogP contribution in [-0.4, -0.2) is 13.1 Å². The molecule has 20 heavy (non-hydrogen) atoms. The molecule has 0 fully saturated rings. The topological polar surface area (TPSA) is 0 Å². The predicted molar refractivity (Wildman–Crippen MR) is 55.8 cm³/mol. The third kappa shape index (κ3) is 3.82. The maximum absolute atomic E-state index is 12.6. The van der Waals surface area contributed by atoms with Crippen LogP contribution in [0.5, 0.6) is 0 Å². The van der Waals surface area contributed by atoms with Crippen LogP contribution in [-0.2, 0) is 18.5 Å². The summed E-state index contributed by atoms with van der Waals surface area (Å²) >= 11 is 1.03. The summed E-state index contributed by atoms with van der Waals surface area (Å²) in [4.78, 5) is 0. The third-order valence-electron chi connectivity index (χ3n) is 2.10. The molecule has 0 aliphatic rings. The van der Waals surface area contributed by atoms with E-state index in [9.17, 15) is 39.5 Å². The summed E-state index contributed by atoms with van der Waals surface area (Å²) in [6.45, 7) is 0. The van der Waals surface area contributed by atoms with E-state index in [0.717, 1.165) is 0 Å². The van der Waals surface area contributed by atoms with Gasteiger partial charge in [0, 0.05) is 0 Å². The van der Waals surface area contributed by atoms with Crippen LogP contribution in [0.25, 0.3) is 0 Å². The molecule has 0 amide bonds. The molecule has 0 aromatic heterocycles. The van der Waals surface area contributed by atoms with Crippen molar-refractivity contribution >= 4 is 31.7 Å². The molecule has 0 saturated carbocycles. The summed E-state index contributed by atoms with van der Waals surface area (Å²) in [6, 6.07) is -0.624. The van der Waals surface area contributed by atoms with Gasteiger partial charge in [0.1, 0.15) is 0 Å². The van der Waals surface area contributed by atoms with Crippen molar-refractivity contribution in [1.82, 2.24) is 0 Å². The van der Waals surface area contributed by atoms with Crippen LogP contribution in [0.15, 0.2) is 12.1 Å². The van der Waals surface area contributed by atoms with Crippen LogP contribution >= 0.6 is 14.1 Å². The summed E-state index contributed by atoms with van der Waals surface area (Å²) < 4.78 is 112. The Morgan fingerprint density at radius 2 is 1.05 bits per heavy atom. The first kappa shape index (κ1) is 17.6. The standard InChI is InChI=1S/C9H2BrF9Se/c10-20-6-4(8(14,15)16)1-3(7(11,12)13)2-5(6)9(17,18)19/h1-2H. The van der Waals surface area contributed by atoms with Crippen molar-refractivity contribution in [2.75, 3.05) is 0 Å². The number of rotatable bonds is 1. The van der Waals surface area contributed by atoms with Crippen molar-refractivity contribution < 1.29 is 39.5 Å². The Morgan fingerprint density at radius 3 is 1.25 bits per heavy atom. The summed E-state index contributed by atoms with van der Waals surface area (Å²) in [6.07, 6.45) is -15.9. The van der Waals surface area contributed by atoms with Crippen LogP contribution < -0.4 is 4.46 Å². The first-order valence-corrected chi connectivity index (χ1v) is 9.33. The van der Waals surface area contributed by atoms with Gasteiger partial charge in [-0.15, -0.1) is 0 Å². The average Bonchev–Trinajstić information content (AvgIpc) is 2.23. The molecule has 0 heterocycles. The molecule has 1 aromatic rings.